The Morgan fingerprint density at radius 3 is 2.49 bits per heavy atom. The number of nitrogens with one attached hydrogen (secondary N) is 2. The van der Waals surface area contributed by atoms with Gasteiger partial charge in [-0.3, -0.25) is 9.48 Å². The normalized spacial score (nSPS) is 14.2. The first-order valence-electron chi connectivity index (χ1n) is 12.3. The Labute approximate surface area is 231 Å². The third kappa shape index (κ3) is 6.60. The van der Waals surface area contributed by atoms with Crippen LogP contribution in [0.5, 0.6) is 0 Å². The van der Waals surface area contributed by atoms with E-state index in [1.165, 1.54) is 24.3 Å². The molecule has 0 saturated carbocycles. The van der Waals surface area contributed by atoms with E-state index in [2.05, 4.69) is 20.7 Å². The van der Waals surface area contributed by atoms with Gasteiger partial charge in [-0.15, -0.1) is 12.4 Å². The second kappa shape index (κ2) is 12.5. The van der Waals surface area contributed by atoms with Crippen LogP contribution >= 0.6 is 12.4 Å². The van der Waals surface area contributed by atoms with Crippen LogP contribution in [0.4, 0.5) is 15.9 Å². The summed E-state index contributed by atoms with van der Waals surface area (Å²) in [6.45, 7) is 1.88. The summed E-state index contributed by atoms with van der Waals surface area (Å²) in [5, 5.41) is 10.5. The van der Waals surface area contributed by atoms with E-state index in [-0.39, 0.29) is 23.8 Å². The van der Waals surface area contributed by atoms with Gasteiger partial charge in [-0.1, -0.05) is 30.3 Å². The summed E-state index contributed by atoms with van der Waals surface area (Å²) in [7, 11) is 0. The average molecular weight is 551 g/mol. The SMILES string of the molecule is Cl.Nc1ncc(-c2cnn(C3CCNCC3)c2)cc1C(=O)O[C@@H](C(=O)Nc1ccc(F)cc1)c1ccccc1. The van der Waals surface area contributed by atoms with Crippen molar-refractivity contribution in [3.05, 3.63) is 96.2 Å². The molecule has 0 spiro atoms. The van der Waals surface area contributed by atoms with E-state index < -0.39 is 23.8 Å². The highest BCUT2D eigenvalue weighted by molar-refractivity contribution is 6.00. The Bertz CT molecular complexity index is 1430. The number of nitrogens with two attached hydrogens (primary N) is 1. The Morgan fingerprint density at radius 1 is 1.05 bits per heavy atom. The number of amides is 1. The Hall–Kier alpha value is -4.28. The van der Waals surface area contributed by atoms with Crippen molar-refractivity contribution < 1.29 is 18.7 Å². The number of esters is 1. The first-order chi connectivity index (χ1) is 18.5. The van der Waals surface area contributed by atoms with Crippen LogP contribution in [0, 0.1) is 5.82 Å². The number of carbonyl (C=O) groups excluding carboxylic acids is 2. The van der Waals surface area contributed by atoms with Crippen molar-refractivity contribution >= 4 is 35.8 Å². The first kappa shape index (κ1) is 27.7. The first-order valence-corrected chi connectivity index (χ1v) is 12.3. The van der Waals surface area contributed by atoms with Crippen LogP contribution in [0.25, 0.3) is 11.1 Å². The molecule has 4 aromatic rings. The Balaban J connectivity index is 0.00000353. The number of hydrogen-bond acceptors (Lipinski definition) is 7. The van der Waals surface area contributed by atoms with Gasteiger partial charge in [-0.05, 0) is 56.3 Å². The van der Waals surface area contributed by atoms with Gasteiger partial charge in [0.1, 0.15) is 17.2 Å². The van der Waals surface area contributed by atoms with Crippen LogP contribution < -0.4 is 16.4 Å². The quantitative estimate of drug-likeness (QED) is 0.288. The van der Waals surface area contributed by atoms with Crippen molar-refractivity contribution in [2.24, 2.45) is 0 Å². The largest absolute Gasteiger partial charge is 0.444 e. The lowest BCUT2D eigenvalue weighted by molar-refractivity contribution is -0.125. The molecule has 0 radical (unpaired) electrons. The topological polar surface area (TPSA) is 124 Å². The molecule has 5 rings (SSSR count). The molecule has 0 aliphatic carbocycles. The van der Waals surface area contributed by atoms with E-state index in [4.69, 9.17) is 10.5 Å². The fourth-order valence-electron chi connectivity index (χ4n) is 4.37. The molecule has 39 heavy (non-hydrogen) atoms. The minimum atomic E-state index is -1.28. The number of halogens is 2. The number of carbonyl (C=O) groups is 2. The van der Waals surface area contributed by atoms with E-state index in [1.54, 1.807) is 48.8 Å². The lowest BCUT2D eigenvalue weighted by atomic mass is 10.1. The minimum Gasteiger partial charge on any atom is -0.444 e. The zero-order valence-electron chi connectivity index (χ0n) is 20.9. The van der Waals surface area contributed by atoms with Crippen molar-refractivity contribution in [2.75, 3.05) is 24.1 Å². The van der Waals surface area contributed by atoms with Crippen molar-refractivity contribution in [1.82, 2.24) is 20.1 Å². The van der Waals surface area contributed by atoms with Crippen LogP contribution in [-0.2, 0) is 9.53 Å². The fraction of sp³-hybridized carbons (Fsp3) is 0.214. The number of pyridine rings is 1. The second-order valence-corrected chi connectivity index (χ2v) is 9.04. The lowest BCUT2D eigenvalue weighted by Gasteiger charge is -2.22. The number of hydrogen-bond donors (Lipinski definition) is 3. The summed E-state index contributed by atoms with van der Waals surface area (Å²) in [5.74, 6) is -1.85. The van der Waals surface area contributed by atoms with Crippen LogP contribution in [0.1, 0.15) is 40.9 Å². The molecule has 9 nitrogen and oxygen atoms in total. The van der Waals surface area contributed by atoms with Crippen molar-refractivity contribution in [3.8, 4) is 11.1 Å². The standard InChI is InChI=1S/C28H27FN6O3.ClH/c29-21-6-8-22(9-7-21)34-27(36)25(18-4-2-1-3-5-18)38-28(37)24-14-19(15-32-26(24)30)20-16-33-35(17-20)23-10-12-31-13-11-23;/h1-9,14-17,23,25,31H,10-13H2,(H2,30,32)(H,34,36);1H/t25-;/m1./s1. The highest BCUT2D eigenvalue weighted by Gasteiger charge is 2.27. The minimum absolute atomic E-state index is 0. The van der Waals surface area contributed by atoms with E-state index >= 15 is 0 Å². The monoisotopic (exact) mass is 550 g/mol. The molecule has 1 saturated heterocycles. The molecule has 1 atom stereocenters. The highest BCUT2D eigenvalue weighted by Crippen LogP contribution is 2.27. The summed E-state index contributed by atoms with van der Waals surface area (Å²) in [6, 6.07) is 15.8. The summed E-state index contributed by atoms with van der Waals surface area (Å²) < 4.78 is 20.9. The van der Waals surface area contributed by atoms with E-state index in [9.17, 15) is 14.0 Å². The molecule has 3 heterocycles. The van der Waals surface area contributed by atoms with Crippen LogP contribution in [-0.4, -0.2) is 39.7 Å². The summed E-state index contributed by atoms with van der Waals surface area (Å²) >= 11 is 0. The Morgan fingerprint density at radius 2 is 1.77 bits per heavy atom. The number of rotatable bonds is 7. The molecule has 2 aromatic carbocycles. The van der Waals surface area contributed by atoms with Gasteiger partial charge in [-0.25, -0.2) is 14.2 Å². The predicted octanol–water partition coefficient (Wildman–Crippen LogP) is 4.55. The number of anilines is 2. The van der Waals surface area contributed by atoms with E-state index in [0.29, 0.717) is 22.9 Å². The van der Waals surface area contributed by atoms with Gasteiger partial charge in [0.15, 0.2) is 0 Å². The number of benzene rings is 2. The molecule has 1 amide bonds. The molecule has 1 aliphatic rings. The van der Waals surface area contributed by atoms with Crippen LogP contribution in [0.2, 0.25) is 0 Å². The van der Waals surface area contributed by atoms with Gasteiger partial charge >= 0.3 is 5.97 Å². The summed E-state index contributed by atoms with van der Waals surface area (Å²) in [6.07, 6.45) is 5.93. The zero-order valence-corrected chi connectivity index (χ0v) is 21.7. The smallest absolute Gasteiger partial charge is 0.343 e. The third-order valence-electron chi connectivity index (χ3n) is 6.43. The maximum atomic E-state index is 13.3. The van der Waals surface area contributed by atoms with E-state index in [0.717, 1.165) is 31.5 Å². The van der Waals surface area contributed by atoms with Gasteiger partial charge in [0.05, 0.1) is 12.2 Å². The molecular weight excluding hydrogens is 523 g/mol. The Kier molecular flexibility index (Phi) is 8.90. The molecule has 0 bridgehead atoms. The lowest BCUT2D eigenvalue weighted by Crippen LogP contribution is -2.29. The number of aromatic nitrogens is 3. The van der Waals surface area contributed by atoms with Gasteiger partial charge in [0.2, 0.25) is 6.10 Å². The molecule has 1 aliphatic heterocycles. The molecule has 202 valence electrons. The molecule has 11 heteroatoms. The number of ether oxygens (including phenoxy) is 1. The predicted molar refractivity (Wildman–Crippen MR) is 148 cm³/mol. The van der Waals surface area contributed by atoms with Crippen molar-refractivity contribution in [3.63, 3.8) is 0 Å². The van der Waals surface area contributed by atoms with Crippen molar-refractivity contribution in [2.45, 2.75) is 25.0 Å². The van der Waals surface area contributed by atoms with Gasteiger partial charge in [0, 0.05) is 34.8 Å². The van der Waals surface area contributed by atoms with Crippen LogP contribution in [0.3, 0.4) is 0 Å². The third-order valence-corrected chi connectivity index (χ3v) is 6.43. The molecule has 2 aromatic heterocycles. The second-order valence-electron chi connectivity index (χ2n) is 9.04. The van der Waals surface area contributed by atoms with Crippen LogP contribution in [0.15, 0.2) is 79.3 Å². The molecular formula is C28H28ClFN6O3. The average Bonchev–Trinajstić information content (AvgIpc) is 3.44. The highest BCUT2D eigenvalue weighted by atomic mass is 35.5. The van der Waals surface area contributed by atoms with E-state index in [1.807, 2.05) is 10.9 Å². The van der Waals surface area contributed by atoms with Crippen molar-refractivity contribution in [1.29, 1.82) is 0 Å². The zero-order chi connectivity index (χ0) is 26.5. The van der Waals surface area contributed by atoms with Gasteiger partial charge in [-0.2, -0.15) is 5.10 Å². The molecule has 0 unspecified atom stereocenters. The maximum Gasteiger partial charge on any atom is 0.343 e. The number of piperidine rings is 1. The van der Waals surface area contributed by atoms with Gasteiger partial charge < -0.3 is 21.1 Å². The van der Waals surface area contributed by atoms with Gasteiger partial charge in [0.25, 0.3) is 5.91 Å². The number of nitrogen functional groups attached to an aromatic ring is 1. The maximum absolute atomic E-state index is 13.3. The molecule has 4 N–H and O–H groups in total. The molecule has 1 fully saturated rings. The summed E-state index contributed by atoms with van der Waals surface area (Å²) in [4.78, 5) is 30.6. The summed E-state index contributed by atoms with van der Waals surface area (Å²) in [5.41, 5.74) is 8.35. The number of nitrogens with zero attached hydrogens (tertiary/aromatic N) is 3. The fourth-order valence-corrected chi connectivity index (χ4v) is 4.37.